The van der Waals surface area contributed by atoms with E-state index in [2.05, 4.69) is 4.52 Å². The van der Waals surface area contributed by atoms with Crippen LogP contribution in [0.3, 0.4) is 0 Å². The summed E-state index contributed by atoms with van der Waals surface area (Å²) in [6, 6.07) is 0. The number of alkyl halides is 3. The summed E-state index contributed by atoms with van der Waals surface area (Å²) in [7, 11) is -7.40. The van der Waals surface area contributed by atoms with Crippen LogP contribution in [0.1, 0.15) is 0 Å². The summed E-state index contributed by atoms with van der Waals surface area (Å²) in [5.74, 6) is 0. The molecule has 0 aliphatic carbocycles. The van der Waals surface area contributed by atoms with Gasteiger partial charge in [-0.1, -0.05) is 0 Å². The number of hydrogen-bond donors (Lipinski definition) is 0. The van der Waals surface area contributed by atoms with E-state index in [0.29, 0.717) is 0 Å². The van der Waals surface area contributed by atoms with Crippen molar-refractivity contribution >= 4 is 16.9 Å². The molecule has 0 amide bonds. The zero-order chi connectivity index (χ0) is 9.78. The Balaban J connectivity index is 3.73. The first kappa shape index (κ1) is 12.1. The average Bonchev–Trinajstić information content (AvgIpc) is 1.80. The minimum Gasteiger partial charge on any atom is -0.301 e. The van der Waals surface area contributed by atoms with Crippen LogP contribution in [0.25, 0.3) is 0 Å². The quantitative estimate of drug-likeness (QED) is 0.527. The molecule has 0 aromatic carbocycles. The second-order valence-electron chi connectivity index (χ2n) is 1.42. The Bertz CT molecular complexity index is 165. The van der Waals surface area contributed by atoms with E-state index < -0.39 is 29.7 Å². The minimum absolute atomic E-state index is 1.90. The highest BCUT2D eigenvalue weighted by molar-refractivity contribution is 7.53. The van der Waals surface area contributed by atoms with Gasteiger partial charge in [0.2, 0.25) is 0 Å². The second-order valence-corrected chi connectivity index (χ2v) is 3.28. The number of nitrogens with zero attached hydrogens (tertiary/aromatic N) is 1. The van der Waals surface area contributed by atoms with E-state index in [1.807, 2.05) is 4.52 Å². The predicted octanol–water partition coefficient (Wildman–Crippen LogP) is 4.20. The third-order valence-corrected chi connectivity index (χ3v) is 1.92. The highest BCUT2D eigenvalue weighted by Crippen LogP contribution is 2.49. The van der Waals surface area contributed by atoms with E-state index in [4.69, 9.17) is 0 Å². The van der Waals surface area contributed by atoms with Gasteiger partial charge in [-0.3, -0.25) is 0 Å². The molecule has 0 rings (SSSR count). The largest absolute Gasteiger partial charge is 0.667 e. The molecule has 1 atom stereocenters. The molecule has 72 valence electrons. The van der Waals surface area contributed by atoms with Crippen LogP contribution in [0.5, 0.6) is 0 Å². The molecule has 0 spiro atoms. The van der Waals surface area contributed by atoms with Crippen LogP contribution >= 0.6 is 16.9 Å². The van der Waals surface area contributed by atoms with E-state index in [-0.39, 0.29) is 0 Å². The fraction of sp³-hybridized carbons (Fsp3) is 1.00. The lowest BCUT2D eigenvalue weighted by Gasteiger charge is -2.04. The van der Waals surface area contributed by atoms with Gasteiger partial charge in [0.05, 0.1) is 12.9 Å². The van der Waals surface area contributed by atoms with Gasteiger partial charge in [-0.05, 0) is 0 Å². The molecular weight excluding hydrogens is 230 g/mol. The molecule has 0 aromatic heterocycles. The van der Waals surface area contributed by atoms with Gasteiger partial charge in [-0.25, -0.2) is 0 Å². The topological polar surface area (TPSA) is 21.6 Å². The summed E-state index contributed by atoms with van der Waals surface area (Å²) in [6.07, 6.45) is -4.72. The van der Waals surface area contributed by atoms with Crippen molar-refractivity contribution in [3.05, 3.63) is 0 Å². The molecule has 12 heavy (non-hydrogen) atoms. The molecule has 2 nitrogen and oxygen atoms in total. The van der Waals surface area contributed by atoms with Crippen molar-refractivity contribution < 1.29 is 30.3 Å². The van der Waals surface area contributed by atoms with Gasteiger partial charge in [0.25, 0.3) is 0 Å². The van der Waals surface area contributed by atoms with Crippen LogP contribution in [0.15, 0.2) is 4.52 Å². The molecule has 0 saturated heterocycles. The van der Waals surface area contributed by atoms with Crippen LogP contribution in [0.4, 0.5) is 25.8 Å². The Hall–Kier alpha value is 0.0700. The molecule has 0 heterocycles. The Morgan fingerprint density at radius 3 is 2.17 bits per heavy atom. The highest BCUT2D eigenvalue weighted by atomic mass is 31.2. The summed E-state index contributed by atoms with van der Waals surface area (Å²) >= 11 is 0. The maximum Gasteiger partial charge on any atom is 0.667 e. The molecular formula is C2H2F6NOP2+. The SMILES string of the molecule is FP(N=[P+](F)F)OCC(F)(F)F. The van der Waals surface area contributed by atoms with Crippen molar-refractivity contribution in [3.8, 4) is 0 Å². The molecule has 1 unspecified atom stereocenters. The van der Waals surface area contributed by atoms with Gasteiger partial charge < -0.3 is 4.52 Å². The van der Waals surface area contributed by atoms with Gasteiger partial charge in [-0.2, -0.15) is 17.4 Å². The Morgan fingerprint density at radius 2 is 1.83 bits per heavy atom. The lowest BCUT2D eigenvalue weighted by atomic mass is 10.7. The summed E-state index contributed by atoms with van der Waals surface area (Å²) < 4.78 is 73.4. The standard InChI is InChI=1S/C2H2F6NOP2/c3-2(4,5)1-10-12(8)9-11(6)7/h1H2/q+1. The van der Waals surface area contributed by atoms with Crippen molar-refractivity contribution in [1.29, 1.82) is 0 Å². The molecule has 0 fully saturated rings. The Kier molecular flexibility index (Phi) is 4.97. The molecule has 0 aromatic rings. The number of hydrogen-bond acceptors (Lipinski definition) is 2. The van der Waals surface area contributed by atoms with Crippen LogP contribution in [-0.2, 0) is 4.52 Å². The maximum atomic E-state index is 11.9. The zero-order valence-corrected chi connectivity index (χ0v) is 7.01. The van der Waals surface area contributed by atoms with E-state index in [0.717, 1.165) is 0 Å². The third kappa shape index (κ3) is 8.17. The molecule has 0 N–H and O–H groups in total. The Labute approximate surface area is 65.6 Å². The molecule has 0 saturated carbocycles. The van der Waals surface area contributed by atoms with Gasteiger partial charge in [0.1, 0.15) is 0 Å². The van der Waals surface area contributed by atoms with Crippen LogP contribution in [-0.4, -0.2) is 12.8 Å². The summed E-state index contributed by atoms with van der Waals surface area (Å²) in [6.45, 7) is -1.90. The van der Waals surface area contributed by atoms with Gasteiger partial charge in [0, 0.05) is 0 Å². The second kappa shape index (κ2) is 4.94. The van der Waals surface area contributed by atoms with Gasteiger partial charge in [0.15, 0.2) is 6.61 Å². The minimum atomic E-state index is -4.72. The van der Waals surface area contributed by atoms with Crippen LogP contribution in [0, 0.1) is 0 Å². The smallest absolute Gasteiger partial charge is 0.301 e. The summed E-state index contributed by atoms with van der Waals surface area (Å²) in [5.41, 5.74) is 0. The van der Waals surface area contributed by atoms with E-state index >= 15 is 0 Å². The van der Waals surface area contributed by atoms with E-state index in [1.54, 1.807) is 0 Å². The zero-order valence-electron chi connectivity index (χ0n) is 5.22. The van der Waals surface area contributed by atoms with Crippen molar-refractivity contribution in [2.75, 3.05) is 6.61 Å². The maximum absolute atomic E-state index is 11.9. The summed E-state index contributed by atoms with van der Waals surface area (Å²) in [4.78, 5) is 0. The first-order valence-electron chi connectivity index (χ1n) is 2.30. The third-order valence-electron chi connectivity index (χ3n) is 0.473. The summed E-state index contributed by atoms with van der Waals surface area (Å²) in [5, 5.41) is 0. The van der Waals surface area contributed by atoms with Crippen molar-refractivity contribution in [1.82, 2.24) is 0 Å². The number of rotatable bonds is 3. The first-order valence-corrected chi connectivity index (χ1v) is 4.48. The molecule has 0 aliphatic rings. The molecule has 10 heteroatoms. The monoisotopic (exact) mass is 232 g/mol. The number of halogens is 6. The van der Waals surface area contributed by atoms with E-state index in [1.165, 1.54) is 0 Å². The molecule has 0 bridgehead atoms. The average molecular weight is 232 g/mol. The predicted molar refractivity (Wildman–Crippen MR) is 31.6 cm³/mol. The lowest BCUT2D eigenvalue weighted by Crippen LogP contribution is -2.14. The lowest BCUT2D eigenvalue weighted by molar-refractivity contribution is -0.152. The van der Waals surface area contributed by atoms with E-state index in [9.17, 15) is 25.8 Å². The van der Waals surface area contributed by atoms with Crippen molar-refractivity contribution in [3.63, 3.8) is 0 Å². The molecule has 0 aliphatic heterocycles. The highest BCUT2D eigenvalue weighted by Gasteiger charge is 2.31. The van der Waals surface area contributed by atoms with Gasteiger partial charge >= 0.3 is 23.1 Å². The van der Waals surface area contributed by atoms with Crippen molar-refractivity contribution in [2.24, 2.45) is 4.52 Å². The van der Waals surface area contributed by atoms with Gasteiger partial charge in [-0.15, -0.1) is 0 Å². The Morgan fingerprint density at radius 1 is 1.33 bits per heavy atom. The normalized spacial score (nSPS) is 14.2. The van der Waals surface area contributed by atoms with Crippen molar-refractivity contribution in [2.45, 2.75) is 6.18 Å². The first-order chi connectivity index (χ1) is 5.31. The van der Waals surface area contributed by atoms with Crippen LogP contribution in [0.2, 0.25) is 0 Å². The van der Waals surface area contributed by atoms with Crippen LogP contribution < -0.4 is 0 Å². The fourth-order valence-corrected chi connectivity index (χ4v) is 1.09. The molecule has 0 radical (unpaired) electrons. The fourth-order valence-electron chi connectivity index (χ4n) is 0.205.